The number of nitrogens with one attached hydrogen (secondary N) is 1. The van der Waals surface area contributed by atoms with E-state index in [-0.39, 0.29) is 11.9 Å². The smallest absolute Gasteiger partial charge is 0.276 e. The summed E-state index contributed by atoms with van der Waals surface area (Å²) < 4.78 is 0. The van der Waals surface area contributed by atoms with Crippen molar-refractivity contribution in [1.82, 2.24) is 10.2 Å². The van der Waals surface area contributed by atoms with Crippen LogP contribution in [0.5, 0.6) is 0 Å². The molecule has 3 nitrogen and oxygen atoms in total. The molecule has 0 spiro atoms. The normalized spacial score (nSPS) is 21.6. The first-order valence-corrected chi connectivity index (χ1v) is 7.22. The van der Waals surface area contributed by atoms with Gasteiger partial charge in [-0.05, 0) is 42.8 Å². The number of benzene rings is 1. The van der Waals surface area contributed by atoms with E-state index < -0.39 is 0 Å². The molecule has 0 atom stereocenters. The van der Waals surface area contributed by atoms with Gasteiger partial charge in [0.25, 0.3) is 5.91 Å². The predicted octanol–water partition coefficient (Wildman–Crippen LogP) is 3.03. The molecule has 20 heavy (non-hydrogen) atoms. The molecule has 1 aromatic rings. The molecule has 0 radical (unpaired) electrons. The summed E-state index contributed by atoms with van der Waals surface area (Å²) >= 11 is 11.4. The van der Waals surface area contributed by atoms with Gasteiger partial charge in [0.15, 0.2) is 5.11 Å². The van der Waals surface area contributed by atoms with Gasteiger partial charge in [0.1, 0.15) is 5.70 Å². The number of nitrogens with zero attached hydrogens (tertiary/aromatic N) is 1. The highest BCUT2D eigenvalue weighted by Gasteiger charge is 2.41. The molecule has 1 aliphatic heterocycles. The largest absolute Gasteiger partial charge is 0.328 e. The maximum atomic E-state index is 12.2. The highest BCUT2D eigenvalue weighted by Crippen LogP contribution is 2.30. The maximum Gasteiger partial charge on any atom is 0.276 e. The number of hydrogen-bond acceptors (Lipinski definition) is 2. The fourth-order valence-electron chi connectivity index (χ4n) is 2.10. The molecule has 2 aliphatic rings. The number of amides is 1. The van der Waals surface area contributed by atoms with Crippen LogP contribution in [-0.4, -0.2) is 22.0 Å². The quantitative estimate of drug-likeness (QED) is 0.688. The summed E-state index contributed by atoms with van der Waals surface area (Å²) in [6.45, 7) is 0. The van der Waals surface area contributed by atoms with Crippen molar-refractivity contribution >= 4 is 40.9 Å². The minimum Gasteiger partial charge on any atom is -0.328 e. The predicted molar refractivity (Wildman–Crippen MR) is 84.0 cm³/mol. The van der Waals surface area contributed by atoms with Gasteiger partial charge in [-0.15, -0.1) is 0 Å². The SMILES string of the molecule is O=C1/C(=C\C(Cl)=C\c2ccccc2)NC(=S)N1C1CC1. The Labute approximate surface area is 127 Å². The molecule has 1 amide bonds. The van der Waals surface area contributed by atoms with Crippen LogP contribution in [0.1, 0.15) is 18.4 Å². The van der Waals surface area contributed by atoms with Crippen LogP contribution in [0.4, 0.5) is 0 Å². The molecule has 1 aromatic carbocycles. The molecular formula is C15H13ClN2OS. The van der Waals surface area contributed by atoms with Crippen molar-refractivity contribution in [1.29, 1.82) is 0 Å². The van der Waals surface area contributed by atoms with E-state index >= 15 is 0 Å². The molecule has 1 saturated carbocycles. The van der Waals surface area contributed by atoms with E-state index in [0.29, 0.717) is 15.8 Å². The van der Waals surface area contributed by atoms with Crippen LogP contribution in [0.2, 0.25) is 0 Å². The molecular weight excluding hydrogens is 292 g/mol. The van der Waals surface area contributed by atoms with E-state index in [1.54, 1.807) is 11.0 Å². The Hall–Kier alpha value is -1.65. The van der Waals surface area contributed by atoms with Crippen LogP contribution in [-0.2, 0) is 4.79 Å². The summed E-state index contributed by atoms with van der Waals surface area (Å²) in [5.41, 5.74) is 1.43. The fourth-order valence-corrected chi connectivity index (χ4v) is 2.68. The van der Waals surface area contributed by atoms with E-state index in [1.165, 1.54) is 0 Å². The van der Waals surface area contributed by atoms with Gasteiger partial charge < -0.3 is 5.32 Å². The minimum absolute atomic E-state index is 0.0860. The molecule has 102 valence electrons. The maximum absolute atomic E-state index is 12.2. The first kappa shape index (κ1) is 13.3. The first-order chi connectivity index (χ1) is 9.65. The number of rotatable bonds is 3. The van der Waals surface area contributed by atoms with Gasteiger partial charge >= 0.3 is 0 Å². The zero-order valence-electron chi connectivity index (χ0n) is 10.7. The average Bonchev–Trinajstić information content (AvgIpc) is 3.19. The second-order valence-electron chi connectivity index (χ2n) is 4.83. The summed E-state index contributed by atoms with van der Waals surface area (Å²) in [5.74, 6) is -0.0860. The number of hydrogen-bond donors (Lipinski definition) is 1. The lowest BCUT2D eigenvalue weighted by atomic mass is 10.2. The lowest BCUT2D eigenvalue weighted by Gasteiger charge is -2.11. The van der Waals surface area contributed by atoms with Gasteiger partial charge in [0.2, 0.25) is 0 Å². The summed E-state index contributed by atoms with van der Waals surface area (Å²) in [6, 6.07) is 9.98. The van der Waals surface area contributed by atoms with Crippen molar-refractivity contribution in [3.05, 3.63) is 52.7 Å². The van der Waals surface area contributed by atoms with Gasteiger partial charge in [0.05, 0.1) is 0 Å². The summed E-state index contributed by atoms with van der Waals surface area (Å²) in [7, 11) is 0. The molecule has 2 fully saturated rings. The van der Waals surface area contributed by atoms with E-state index in [9.17, 15) is 4.79 Å². The highest BCUT2D eigenvalue weighted by molar-refractivity contribution is 7.80. The molecule has 1 saturated heterocycles. The lowest BCUT2D eigenvalue weighted by Crippen LogP contribution is -2.32. The number of allylic oxidation sites excluding steroid dienone is 2. The number of thiocarbonyl (C=S) groups is 1. The summed E-state index contributed by atoms with van der Waals surface area (Å²) in [4.78, 5) is 13.9. The molecule has 3 rings (SSSR count). The van der Waals surface area contributed by atoms with Crippen LogP contribution in [0.3, 0.4) is 0 Å². The molecule has 1 N–H and O–H groups in total. The Kier molecular flexibility index (Phi) is 3.59. The lowest BCUT2D eigenvalue weighted by molar-refractivity contribution is -0.122. The summed E-state index contributed by atoms with van der Waals surface area (Å²) in [6.07, 6.45) is 5.49. The van der Waals surface area contributed by atoms with Crippen LogP contribution >= 0.6 is 23.8 Å². The summed E-state index contributed by atoms with van der Waals surface area (Å²) in [5, 5.41) is 3.91. The van der Waals surface area contributed by atoms with Gasteiger partial charge in [-0.1, -0.05) is 41.9 Å². The second-order valence-corrected chi connectivity index (χ2v) is 5.66. The average molecular weight is 305 g/mol. The highest BCUT2D eigenvalue weighted by atomic mass is 35.5. The van der Waals surface area contributed by atoms with Crippen molar-refractivity contribution in [2.24, 2.45) is 0 Å². The van der Waals surface area contributed by atoms with Crippen molar-refractivity contribution in [3.63, 3.8) is 0 Å². The first-order valence-electron chi connectivity index (χ1n) is 6.43. The Morgan fingerprint density at radius 1 is 1.35 bits per heavy atom. The van der Waals surface area contributed by atoms with Gasteiger partial charge in [0, 0.05) is 11.1 Å². The molecule has 5 heteroatoms. The Morgan fingerprint density at radius 3 is 2.70 bits per heavy atom. The van der Waals surface area contributed by atoms with Gasteiger partial charge in [-0.3, -0.25) is 9.69 Å². The van der Waals surface area contributed by atoms with E-state index in [4.69, 9.17) is 23.8 Å². The third kappa shape index (κ3) is 2.76. The van der Waals surface area contributed by atoms with Gasteiger partial charge in [-0.25, -0.2) is 0 Å². The van der Waals surface area contributed by atoms with Crippen molar-refractivity contribution in [3.8, 4) is 0 Å². The van der Waals surface area contributed by atoms with Crippen LogP contribution in [0, 0.1) is 0 Å². The monoisotopic (exact) mass is 304 g/mol. The number of halogens is 1. The number of carbonyl (C=O) groups excluding carboxylic acids is 1. The van der Waals surface area contributed by atoms with Crippen molar-refractivity contribution < 1.29 is 4.79 Å². The van der Waals surface area contributed by atoms with Crippen LogP contribution in [0.15, 0.2) is 47.1 Å². The minimum atomic E-state index is -0.0860. The van der Waals surface area contributed by atoms with E-state index in [1.807, 2.05) is 36.4 Å². The molecule has 1 heterocycles. The van der Waals surface area contributed by atoms with E-state index in [0.717, 1.165) is 18.4 Å². The molecule has 0 aromatic heterocycles. The van der Waals surface area contributed by atoms with Crippen molar-refractivity contribution in [2.45, 2.75) is 18.9 Å². The molecule has 0 bridgehead atoms. The number of carbonyl (C=O) groups is 1. The van der Waals surface area contributed by atoms with Crippen molar-refractivity contribution in [2.75, 3.05) is 0 Å². The molecule has 1 aliphatic carbocycles. The Morgan fingerprint density at radius 2 is 2.05 bits per heavy atom. The second kappa shape index (κ2) is 5.38. The Balaban J connectivity index is 1.80. The van der Waals surface area contributed by atoms with Crippen LogP contribution in [0.25, 0.3) is 6.08 Å². The third-order valence-corrected chi connectivity index (χ3v) is 3.72. The zero-order chi connectivity index (χ0) is 14.1. The van der Waals surface area contributed by atoms with Gasteiger partial charge in [-0.2, -0.15) is 0 Å². The molecule has 0 unspecified atom stereocenters. The standard InChI is InChI=1S/C15H13ClN2OS/c16-11(8-10-4-2-1-3-5-10)9-13-14(19)18(12-6-7-12)15(20)17-13/h1-5,8-9,12H,6-7H2,(H,17,20)/b11-8-,13-9+. The Bertz CT molecular complexity index is 620. The third-order valence-electron chi connectivity index (χ3n) is 3.21. The zero-order valence-corrected chi connectivity index (χ0v) is 12.2. The van der Waals surface area contributed by atoms with Crippen LogP contribution < -0.4 is 5.32 Å². The van der Waals surface area contributed by atoms with E-state index in [2.05, 4.69) is 5.32 Å². The topological polar surface area (TPSA) is 32.3 Å². The fraction of sp³-hybridized carbons (Fsp3) is 0.200.